The highest BCUT2D eigenvalue weighted by Crippen LogP contribution is 2.32. The predicted molar refractivity (Wildman–Crippen MR) is 116 cm³/mol. The number of hydrogen-bond acceptors (Lipinski definition) is 7. The Morgan fingerprint density at radius 3 is 2.53 bits per heavy atom. The summed E-state index contributed by atoms with van der Waals surface area (Å²) >= 11 is 0. The molecule has 11 heteroatoms. The molecule has 0 aromatic heterocycles. The third-order valence-corrected chi connectivity index (χ3v) is 4.78. The number of halogens is 2. The monoisotopic (exact) mass is 462 g/mol. The highest BCUT2D eigenvalue weighted by Gasteiger charge is 2.39. The maximum absolute atomic E-state index is 12.8. The third-order valence-electron chi connectivity index (χ3n) is 4.78. The van der Waals surface area contributed by atoms with Crippen molar-refractivity contribution in [3.8, 4) is 0 Å². The number of hydrogen-bond donors (Lipinski definition) is 3. The van der Waals surface area contributed by atoms with E-state index >= 15 is 0 Å². The quantitative estimate of drug-likeness (QED) is 0.345. The fraction of sp³-hybridized carbons (Fsp3) is 0.526. The van der Waals surface area contributed by atoms with Gasteiger partial charge in [0.25, 0.3) is 5.91 Å². The van der Waals surface area contributed by atoms with Gasteiger partial charge >= 0.3 is 0 Å². The average Bonchev–Trinajstić information content (AvgIpc) is 3.01. The van der Waals surface area contributed by atoms with Crippen molar-refractivity contribution in [2.75, 3.05) is 44.8 Å². The first-order valence-electron chi connectivity index (χ1n) is 9.47. The van der Waals surface area contributed by atoms with Crippen molar-refractivity contribution >= 4 is 48.2 Å². The maximum Gasteiger partial charge on any atom is 0.255 e. The SMILES string of the molecule is Cl.Cl.NCCOCCOCCNc1cccc2c1CN(C1CCC(=O)NC1=O)C2=O. The predicted octanol–water partition coefficient (Wildman–Crippen LogP) is 0.695. The van der Waals surface area contributed by atoms with Crippen molar-refractivity contribution in [2.24, 2.45) is 5.73 Å². The van der Waals surface area contributed by atoms with Crippen LogP contribution in [-0.4, -0.2) is 68.2 Å². The van der Waals surface area contributed by atoms with Crippen molar-refractivity contribution in [3.63, 3.8) is 0 Å². The van der Waals surface area contributed by atoms with E-state index in [1.807, 2.05) is 12.1 Å². The van der Waals surface area contributed by atoms with Crippen LogP contribution in [-0.2, 0) is 25.6 Å². The summed E-state index contributed by atoms with van der Waals surface area (Å²) in [5.74, 6) is -0.875. The summed E-state index contributed by atoms with van der Waals surface area (Å²) in [6.07, 6.45) is 0.598. The Kier molecular flexibility index (Phi) is 11.1. The Morgan fingerprint density at radius 1 is 1.10 bits per heavy atom. The Labute approximate surface area is 187 Å². The molecule has 1 atom stereocenters. The molecule has 1 unspecified atom stereocenters. The number of benzene rings is 1. The van der Waals surface area contributed by atoms with E-state index in [4.69, 9.17) is 15.2 Å². The summed E-state index contributed by atoms with van der Waals surface area (Å²) in [5, 5.41) is 5.60. The first-order chi connectivity index (χ1) is 13.6. The molecular formula is C19H28Cl2N4O5. The van der Waals surface area contributed by atoms with Gasteiger partial charge in [0.05, 0.1) is 26.4 Å². The molecule has 9 nitrogen and oxygen atoms in total. The van der Waals surface area contributed by atoms with Gasteiger partial charge in [0.15, 0.2) is 0 Å². The van der Waals surface area contributed by atoms with Crippen LogP contribution in [0, 0.1) is 0 Å². The van der Waals surface area contributed by atoms with Crippen LogP contribution < -0.4 is 16.4 Å². The molecule has 2 aliphatic rings. The molecule has 1 saturated heterocycles. The van der Waals surface area contributed by atoms with E-state index in [0.717, 1.165) is 11.3 Å². The van der Waals surface area contributed by atoms with Crippen molar-refractivity contribution in [1.82, 2.24) is 10.2 Å². The normalized spacial score (nSPS) is 17.7. The lowest BCUT2D eigenvalue weighted by Gasteiger charge is -2.29. The van der Waals surface area contributed by atoms with E-state index in [-0.39, 0.29) is 43.0 Å². The summed E-state index contributed by atoms with van der Waals surface area (Å²) in [4.78, 5) is 37.8. The number of fused-ring (bicyclic) bond motifs is 1. The number of piperidine rings is 1. The standard InChI is InChI=1S/C19H26N4O5.2ClH/c20-6-8-27-10-11-28-9-7-21-15-3-1-2-13-14(15)12-23(19(13)26)16-4-5-17(24)22-18(16)25;;/h1-3,16,21H,4-12,20H2,(H,22,24,25);2*1H. The van der Waals surface area contributed by atoms with E-state index in [2.05, 4.69) is 10.6 Å². The largest absolute Gasteiger partial charge is 0.382 e. The van der Waals surface area contributed by atoms with Gasteiger partial charge in [-0.05, 0) is 18.6 Å². The molecule has 1 aromatic carbocycles. The van der Waals surface area contributed by atoms with Crippen molar-refractivity contribution in [3.05, 3.63) is 29.3 Å². The summed E-state index contributed by atoms with van der Waals surface area (Å²) in [6, 6.07) is 4.88. The lowest BCUT2D eigenvalue weighted by atomic mass is 10.0. The molecule has 2 heterocycles. The maximum atomic E-state index is 12.8. The molecule has 4 N–H and O–H groups in total. The zero-order valence-electron chi connectivity index (χ0n) is 16.6. The zero-order chi connectivity index (χ0) is 19.9. The molecule has 0 saturated carbocycles. The van der Waals surface area contributed by atoms with Gasteiger partial charge in [-0.2, -0.15) is 0 Å². The van der Waals surface area contributed by atoms with Crippen LogP contribution >= 0.6 is 24.8 Å². The number of carbonyl (C=O) groups excluding carboxylic acids is 3. The van der Waals surface area contributed by atoms with Crippen molar-refractivity contribution in [2.45, 2.75) is 25.4 Å². The van der Waals surface area contributed by atoms with Crippen LogP contribution in [0.2, 0.25) is 0 Å². The van der Waals surface area contributed by atoms with E-state index in [1.165, 1.54) is 0 Å². The van der Waals surface area contributed by atoms with Crippen molar-refractivity contribution < 1.29 is 23.9 Å². The molecular weight excluding hydrogens is 435 g/mol. The molecule has 0 radical (unpaired) electrons. The molecule has 3 rings (SSSR count). The Balaban J connectivity index is 0.00000225. The number of nitrogens with two attached hydrogens (primary N) is 1. The number of amides is 3. The van der Waals surface area contributed by atoms with Gasteiger partial charge in [0, 0.05) is 42.9 Å². The second-order valence-electron chi connectivity index (χ2n) is 6.67. The number of ether oxygens (including phenoxy) is 2. The fourth-order valence-corrected chi connectivity index (χ4v) is 3.41. The third kappa shape index (κ3) is 6.29. The van der Waals surface area contributed by atoms with Crippen LogP contribution in [0.15, 0.2) is 18.2 Å². The Bertz CT molecular complexity index is 750. The molecule has 2 aliphatic heterocycles. The highest BCUT2D eigenvalue weighted by molar-refractivity contribution is 6.06. The zero-order valence-corrected chi connectivity index (χ0v) is 18.2. The number of nitrogens with zero attached hydrogens (tertiary/aromatic N) is 1. The van der Waals surface area contributed by atoms with Gasteiger partial charge in [0.2, 0.25) is 11.8 Å². The van der Waals surface area contributed by atoms with Crippen LogP contribution in [0.5, 0.6) is 0 Å². The van der Waals surface area contributed by atoms with Crippen LogP contribution in [0.25, 0.3) is 0 Å². The lowest BCUT2D eigenvalue weighted by Crippen LogP contribution is -2.52. The van der Waals surface area contributed by atoms with E-state index < -0.39 is 11.9 Å². The summed E-state index contributed by atoms with van der Waals surface area (Å²) < 4.78 is 10.7. The summed E-state index contributed by atoms with van der Waals surface area (Å²) in [5.41, 5.74) is 7.64. The fourth-order valence-electron chi connectivity index (χ4n) is 3.41. The van der Waals surface area contributed by atoms with E-state index in [0.29, 0.717) is 58.0 Å². The van der Waals surface area contributed by atoms with E-state index in [1.54, 1.807) is 11.0 Å². The summed E-state index contributed by atoms with van der Waals surface area (Å²) in [7, 11) is 0. The number of anilines is 1. The number of carbonyl (C=O) groups is 3. The lowest BCUT2D eigenvalue weighted by molar-refractivity contribution is -0.136. The molecule has 168 valence electrons. The van der Waals surface area contributed by atoms with Crippen LogP contribution in [0.1, 0.15) is 28.8 Å². The van der Waals surface area contributed by atoms with Crippen molar-refractivity contribution in [1.29, 1.82) is 0 Å². The van der Waals surface area contributed by atoms with Gasteiger partial charge in [-0.3, -0.25) is 19.7 Å². The molecule has 0 spiro atoms. The minimum absolute atomic E-state index is 0. The topological polar surface area (TPSA) is 123 Å². The summed E-state index contributed by atoms with van der Waals surface area (Å²) in [6.45, 7) is 3.45. The smallest absolute Gasteiger partial charge is 0.255 e. The number of nitrogens with one attached hydrogen (secondary N) is 2. The number of imide groups is 1. The molecule has 1 aromatic rings. The second kappa shape index (κ2) is 12.7. The Morgan fingerprint density at radius 2 is 1.83 bits per heavy atom. The van der Waals surface area contributed by atoms with Gasteiger partial charge in [0.1, 0.15) is 6.04 Å². The van der Waals surface area contributed by atoms with Crippen LogP contribution in [0.4, 0.5) is 5.69 Å². The molecule has 3 amide bonds. The highest BCUT2D eigenvalue weighted by atomic mass is 35.5. The van der Waals surface area contributed by atoms with Gasteiger partial charge in [-0.15, -0.1) is 24.8 Å². The minimum atomic E-state index is -0.609. The molecule has 30 heavy (non-hydrogen) atoms. The second-order valence-corrected chi connectivity index (χ2v) is 6.67. The van der Waals surface area contributed by atoms with Gasteiger partial charge in [-0.25, -0.2) is 0 Å². The van der Waals surface area contributed by atoms with Gasteiger partial charge < -0.3 is 25.4 Å². The minimum Gasteiger partial charge on any atom is -0.382 e. The number of rotatable bonds is 10. The first-order valence-corrected chi connectivity index (χ1v) is 9.47. The van der Waals surface area contributed by atoms with Crippen LogP contribution in [0.3, 0.4) is 0 Å². The average molecular weight is 463 g/mol. The molecule has 0 bridgehead atoms. The molecule has 1 fully saturated rings. The first kappa shape index (κ1) is 26.1. The molecule has 0 aliphatic carbocycles. The van der Waals surface area contributed by atoms with Gasteiger partial charge in [-0.1, -0.05) is 6.07 Å². The Hall–Kier alpha value is -1.91. The van der Waals surface area contributed by atoms with E-state index in [9.17, 15) is 14.4 Å².